The quantitative estimate of drug-likeness (QED) is 0.707. The smallest absolute Gasteiger partial charge is 0.223 e. The van der Waals surface area contributed by atoms with Crippen LogP contribution in [0.4, 0.5) is 0 Å². The van der Waals surface area contributed by atoms with Crippen molar-refractivity contribution >= 4 is 15.9 Å². The SMILES string of the molecule is CCCCCC(C)N1CC(CS(N)(=O)=O)CC1=O. The molecular weight excluding hydrogens is 252 g/mol. The molecule has 2 N–H and O–H groups in total. The Bertz CT molecular complexity index is 381. The molecule has 1 rings (SSSR count). The van der Waals surface area contributed by atoms with Gasteiger partial charge in [-0.1, -0.05) is 26.2 Å². The molecule has 1 saturated heterocycles. The van der Waals surface area contributed by atoms with Crippen LogP contribution in [0.3, 0.4) is 0 Å². The second kappa shape index (κ2) is 6.52. The lowest BCUT2D eigenvalue weighted by Crippen LogP contribution is -2.35. The molecule has 0 aliphatic carbocycles. The number of hydrogen-bond donors (Lipinski definition) is 1. The molecule has 0 aromatic heterocycles. The third-order valence-corrected chi connectivity index (χ3v) is 4.40. The molecule has 106 valence electrons. The van der Waals surface area contributed by atoms with E-state index in [4.69, 9.17) is 5.14 Å². The number of primary sulfonamides is 1. The number of likely N-dealkylation sites (tertiary alicyclic amines) is 1. The lowest BCUT2D eigenvalue weighted by atomic mass is 10.1. The van der Waals surface area contributed by atoms with Crippen molar-refractivity contribution in [2.24, 2.45) is 11.1 Å². The maximum atomic E-state index is 11.8. The highest BCUT2D eigenvalue weighted by molar-refractivity contribution is 7.89. The van der Waals surface area contributed by atoms with Crippen molar-refractivity contribution in [3.8, 4) is 0 Å². The number of rotatable bonds is 7. The van der Waals surface area contributed by atoms with Gasteiger partial charge in [-0.3, -0.25) is 4.79 Å². The average molecular weight is 276 g/mol. The fourth-order valence-electron chi connectivity index (χ4n) is 2.52. The third-order valence-electron chi connectivity index (χ3n) is 3.46. The minimum Gasteiger partial charge on any atom is -0.340 e. The van der Waals surface area contributed by atoms with Gasteiger partial charge in [-0.05, 0) is 13.3 Å². The summed E-state index contributed by atoms with van der Waals surface area (Å²) in [4.78, 5) is 13.6. The molecule has 5 nitrogen and oxygen atoms in total. The predicted molar refractivity (Wildman–Crippen MR) is 71.4 cm³/mol. The van der Waals surface area contributed by atoms with Crippen molar-refractivity contribution in [1.29, 1.82) is 0 Å². The van der Waals surface area contributed by atoms with Crippen molar-refractivity contribution in [2.45, 2.75) is 52.0 Å². The van der Waals surface area contributed by atoms with Crippen LogP contribution in [0.1, 0.15) is 46.0 Å². The van der Waals surface area contributed by atoms with E-state index in [1.807, 2.05) is 11.8 Å². The zero-order valence-electron chi connectivity index (χ0n) is 11.3. The Hall–Kier alpha value is -0.620. The van der Waals surface area contributed by atoms with Gasteiger partial charge in [0.05, 0.1) is 5.75 Å². The Labute approximate surface area is 110 Å². The Morgan fingerprint density at radius 1 is 1.44 bits per heavy atom. The number of nitrogens with zero attached hydrogens (tertiary/aromatic N) is 1. The summed E-state index contributed by atoms with van der Waals surface area (Å²) in [6.07, 6.45) is 4.75. The molecule has 0 spiro atoms. The Kier molecular flexibility index (Phi) is 5.59. The summed E-state index contributed by atoms with van der Waals surface area (Å²) >= 11 is 0. The summed E-state index contributed by atoms with van der Waals surface area (Å²) in [6, 6.07) is 0.203. The van der Waals surface area contributed by atoms with Gasteiger partial charge in [0.2, 0.25) is 15.9 Å². The van der Waals surface area contributed by atoms with Crippen LogP contribution in [-0.4, -0.2) is 37.6 Å². The first-order chi connectivity index (χ1) is 8.33. The average Bonchev–Trinajstić information content (AvgIpc) is 2.57. The molecule has 2 unspecified atom stereocenters. The van der Waals surface area contributed by atoms with Gasteiger partial charge in [-0.2, -0.15) is 0 Å². The zero-order valence-corrected chi connectivity index (χ0v) is 12.1. The minimum absolute atomic E-state index is 0.0626. The second-order valence-corrected chi connectivity index (χ2v) is 6.95. The highest BCUT2D eigenvalue weighted by atomic mass is 32.2. The largest absolute Gasteiger partial charge is 0.340 e. The first-order valence-electron chi connectivity index (χ1n) is 6.63. The van der Waals surface area contributed by atoms with E-state index < -0.39 is 10.0 Å². The topological polar surface area (TPSA) is 80.5 Å². The van der Waals surface area contributed by atoms with E-state index in [0.717, 1.165) is 19.3 Å². The molecule has 6 heteroatoms. The first-order valence-corrected chi connectivity index (χ1v) is 8.35. The predicted octanol–water partition coefficient (Wildman–Crippen LogP) is 1.09. The van der Waals surface area contributed by atoms with Gasteiger partial charge in [0.1, 0.15) is 0 Å². The van der Waals surface area contributed by atoms with Crippen LogP contribution in [0.15, 0.2) is 0 Å². The van der Waals surface area contributed by atoms with E-state index in [2.05, 4.69) is 6.92 Å². The van der Waals surface area contributed by atoms with E-state index in [-0.39, 0.29) is 23.6 Å². The van der Waals surface area contributed by atoms with Crippen LogP contribution < -0.4 is 5.14 Å². The van der Waals surface area contributed by atoms with Crippen molar-refractivity contribution in [3.63, 3.8) is 0 Å². The molecule has 1 aliphatic rings. The zero-order chi connectivity index (χ0) is 13.8. The fourth-order valence-corrected chi connectivity index (χ4v) is 3.40. The van der Waals surface area contributed by atoms with E-state index >= 15 is 0 Å². The summed E-state index contributed by atoms with van der Waals surface area (Å²) in [5.41, 5.74) is 0. The highest BCUT2D eigenvalue weighted by Gasteiger charge is 2.34. The van der Waals surface area contributed by atoms with Crippen LogP contribution in [0.5, 0.6) is 0 Å². The number of unbranched alkanes of at least 4 members (excludes halogenated alkanes) is 2. The lowest BCUT2D eigenvalue weighted by molar-refractivity contribution is -0.129. The van der Waals surface area contributed by atoms with Crippen LogP contribution in [0.2, 0.25) is 0 Å². The number of carbonyl (C=O) groups excluding carboxylic acids is 1. The second-order valence-electron chi connectivity index (χ2n) is 5.29. The molecule has 1 amide bonds. The molecule has 0 radical (unpaired) electrons. The van der Waals surface area contributed by atoms with Crippen molar-refractivity contribution in [1.82, 2.24) is 4.90 Å². The summed E-state index contributed by atoms with van der Waals surface area (Å²) in [6.45, 7) is 4.71. The standard InChI is InChI=1S/C12H24N2O3S/c1-3-4-5-6-10(2)14-8-11(7-12(14)15)9-18(13,16)17/h10-11H,3-9H2,1-2H3,(H2,13,16,17). The molecule has 1 fully saturated rings. The summed E-state index contributed by atoms with van der Waals surface area (Å²) in [5.74, 6) is -0.162. The molecule has 0 aromatic carbocycles. The molecular formula is C12H24N2O3S. The summed E-state index contributed by atoms with van der Waals surface area (Å²) in [5, 5.41) is 5.02. The normalized spacial score (nSPS) is 22.5. The van der Waals surface area contributed by atoms with Gasteiger partial charge in [0, 0.05) is 24.9 Å². The molecule has 1 aliphatic heterocycles. The van der Waals surface area contributed by atoms with Crippen LogP contribution in [0.25, 0.3) is 0 Å². The van der Waals surface area contributed by atoms with Crippen LogP contribution in [-0.2, 0) is 14.8 Å². The molecule has 0 bridgehead atoms. The summed E-state index contributed by atoms with van der Waals surface area (Å²) < 4.78 is 22.1. The van der Waals surface area contributed by atoms with E-state index in [1.165, 1.54) is 6.42 Å². The number of nitrogens with two attached hydrogens (primary N) is 1. The molecule has 2 atom stereocenters. The summed E-state index contributed by atoms with van der Waals surface area (Å²) in [7, 11) is -3.48. The van der Waals surface area contributed by atoms with Gasteiger partial charge in [-0.25, -0.2) is 13.6 Å². The molecule has 0 saturated carbocycles. The van der Waals surface area contributed by atoms with Gasteiger partial charge >= 0.3 is 0 Å². The highest BCUT2D eigenvalue weighted by Crippen LogP contribution is 2.23. The van der Waals surface area contributed by atoms with Crippen molar-refractivity contribution in [3.05, 3.63) is 0 Å². The lowest BCUT2D eigenvalue weighted by Gasteiger charge is -2.24. The van der Waals surface area contributed by atoms with Crippen molar-refractivity contribution < 1.29 is 13.2 Å². The fraction of sp³-hybridized carbons (Fsp3) is 0.917. The van der Waals surface area contributed by atoms with E-state index in [0.29, 0.717) is 13.0 Å². The Balaban J connectivity index is 2.46. The van der Waals surface area contributed by atoms with Crippen molar-refractivity contribution in [2.75, 3.05) is 12.3 Å². The molecule has 1 heterocycles. The van der Waals surface area contributed by atoms with Gasteiger partial charge in [0.25, 0.3) is 0 Å². The molecule has 0 aromatic rings. The number of amides is 1. The van der Waals surface area contributed by atoms with Gasteiger partial charge in [0.15, 0.2) is 0 Å². The van der Waals surface area contributed by atoms with E-state index in [1.54, 1.807) is 0 Å². The Morgan fingerprint density at radius 2 is 2.11 bits per heavy atom. The van der Waals surface area contributed by atoms with Gasteiger partial charge < -0.3 is 4.90 Å². The third kappa shape index (κ3) is 4.94. The number of hydrogen-bond acceptors (Lipinski definition) is 3. The number of sulfonamides is 1. The Morgan fingerprint density at radius 3 is 2.67 bits per heavy atom. The first kappa shape index (κ1) is 15.4. The number of carbonyl (C=O) groups is 1. The monoisotopic (exact) mass is 276 g/mol. The van der Waals surface area contributed by atoms with Gasteiger partial charge in [-0.15, -0.1) is 0 Å². The molecule has 18 heavy (non-hydrogen) atoms. The van der Waals surface area contributed by atoms with Crippen LogP contribution >= 0.6 is 0 Å². The minimum atomic E-state index is -3.48. The maximum Gasteiger partial charge on any atom is 0.223 e. The van der Waals surface area contributed by atoms with E-state index in [9.17, 15) is 13.2 Å². The van der Waals surface area contributed by atoms with Crippen LogP contribution in [0, 0.1) is 5.92 Å². The maximum absolute atomic E-state index is 11.8.